The van der Waals surface area contributed by atoms with Crippen LogP contribution in [0.1, 0.15) is 217 Å². The highest BCUT2D eigenvalue weighted by molar-refractivity contribution is 6.38. The van der Waals surface area contributed by atoms with Crippen LogP contribution in [0.2, 0.25) is 0 Å². The molecule has 4 aliphatic heterocycles. The molecule has 0 aromatic rings. The summed E-state index contributed by atoms with van der Waals surface area (Å²) in [7, 11) is 0. The molecule has 6 N–H and O–H groups in total. The van der Waals surface area contributed by atoms with Gasteiger partial charge in [0.15, 0.2) is 6.10 Å². The van der Waals surface area contributed by atoms with E-state index in [-0.39, 0.29) is 52.2 Å². The lowest BCUT2D eigenvalue weighted by Crippen LogP contribution is -2.59. The van der Waals surface area contributed by atoms with Gasteiger partial charge >= 0.3 is 18.2 Å². The zero-order chi connectivity index (χ0) is 62.2. The molecule has 21 heteroatoms. The molecule has 4 heterocycles. The van der Waals surface area contributed by atoms with E-state index in [1.807, 2.05) is 0 Å². The van der Waals surface area contributed by atoms with Crippen LogP contribution in [0.4, 0.5) is 9.59 Å². The summed E-state index contributed by atoms with van der Waals surface area (Å²) >= 11 is 0. The third-order valence-electron chi connectivity index (χ3n) is 19.1. The summed E-state index contributed by atoms with van der Waals surface area (Å²) in [6, 6.07) is -4.79. The minimum Gasteiger partial charge on any atom is -0.450 e. The van der Waals surface area contributed by atoms with Crippen LogP contribution in [0.5, 0.6) is 0 Å². The highest BCUT2D eigenvalue weighted by Crippen LogP contribution is 2.66. The Hall–Kier alpha value is -5.50. The Kier molecular flexibility index (Phi) is 22.5. The lowest BCUT2D eigenvalue weighted by Gasteiger charge is -2.35. The van der Waals surface area contributed by atoms with Crippen molar-refractivity contribution < 1.29 is 62.2 Å². The first-order chi connectivity index (χ1) is 40.0. The van der Waals surface area contributed by atoms with Gasteiger partial charge in [-0.2, -0.15) is 0 Å². The summed E-state index contributed by atoms with van der Waals surface area (Å²) in [6.07, 6.45) is 16.4. The minimum atomic E-state index is -1.16. The molecule has 0 bridgehead atoms. The van der Waals surface area contributed by atoms with Gasteiger partial charge in [-0.3, -0.25) is 38.4 Å². The zero-order valence-corrected chi connectivity index (χ0v) is 53.1. The van der Waals surface area contributed by atoms with Crippen LogP contribution in [-0.2, 0) is 52.6 Å². The Morgan fingerprint density at radius 1 is 0.541 bits per heavy atom. The molecule has 8 rings (SSSR count). The summed E-state index contributed by atoms with van der Waals surface area (Å²) in [5, 5.41) is 17.2. The number of fused-ring (bicyclic) bond motifs is 6. The second kappa shape index (κ2) is 28.6. The Balaban J connectivity index is 0.000000244. The van der Waals surface area contributed by atoms with Gasteiger partial charge in [-0.05, 0) is 139 Å². The Labute approximate surface area is 504 Å². The number of Topliss-reactive ketones (excluding diaryl/α,β-unsaturated/α-hetero) is 1. The SMILES string of the molecule is CC(=O)OC(C(=O)NCC1CC1)[C@@H]1CCCCCCCCC[C@H](NC(=O)OC(C)(C)C)C(=O)N2C[C@H]3[C@@H]([C@H]2C(=O)N1)C3(C)C.CC(C)(C)OC(=O)N[C@H]1CCCCCCCCC[C@@H](C(=O)C(=O)NCC2CC2)NC(=O)[C@@H]2[C@@H]3[C@H](CN2C1=O)C3(C)C. The van der Waals surface area contributed by atoms with E-state index >= 15 is 0 Å². The smallest absolute Gasteiger partial charge is 0.408 e. The number of nitrogens with zero attached hydrogens (tertiary/aromatic N) is 2. The average molecular weight is 1190 g/mol. The fourth-order valence-corrected chi connectivity index (χ4v) is 13.7. The standard InChI is InChI=1S/C33H54N4O7.C31H50N4O6/c1-20(38)43-27(29(40)34-18-21-16-17-21)23-14-12-10-8-7-9-11-13-15-24(36-31(42)44-32(2,3)4)30(41)37-19-22-25(33(22,5)6)26(37)28(39)35-23;1-30(2,3)41-29(40)34-22-14-12-10-8-6-7-9-11-13-21(25(36)27(38)32-17-19-15-16-19)33-26(37)24-23-20(31(23,4)5)18-35(24)28(22)39/h21-27H,7-19H2,1-6H3,(H,34,40)(H,35,39)(H,36,42);19-24H,6-18H2,1-5H3,(H,32,38)(H,33,37)(H,34,40)/t22-,23-,24-,25-,26-,27?;20-,21-,22-,23-,24-/m00/s1. The van der Waals surface area contributed by atoms with E-state index in [2.05, 4.69) is 59.6 Å². The van der Waals surface area contributed by atoms with Gasteiger partial charge in [0, 0.05) is 33.1 Å². The van der Waals surface area contributed by atoms with E-state index in [4.69, 9.17) is 14.2 Å². The van der Waals surface area contributed by atoms with E-state index in [9.17, 15) is 47.9 Å². The van der Waals surface area contributed by atoms with Crippen LogP contribution in [0, 0.1) is 46.3 Å². The molecule has 8 fully saturated rings. The van der Waals surface area contributed by atoms with E-state index in [1.54, 1.807) is 51.3 Å². The first-order valence-corrected chi connectivity index (χ1v) is 32.5. The quantitative estimate of drug-likeness (QED) is 0.0674. The Bertz CT molecular complexity index is 2430. The lowest BCUT2D eigenvalue weighted by atomic mass is 9.96. The van der Waals surface area contributed by atoms with E-state index in [1.165, 1.54) is 6.92 Å². The number of carbonyl (C=O) groups is 10. The molecule has 0 aromatic carbocycles. The molecule has 0 radical (unpaired) electrons. The number of ketones is 1. The molecule has 478 valence electrons. The number of esters is 1. The van der Waals surface area contributed by atoms with Crippen LogP contribution in [0.15, 0.2) is 0 Å². The average Bonchev–Trinajstić information content (AvgIpc) is 1.55. The number of nitrogens with one attached hydrogen (secondary N) is 6. The molecule has 4 saturated carbocycles. The lowest BCUT2D eigenvalue weighted by molar-refractivity contribution is -0.157. The van der Waals surface area contributed by atoms with Gasteiger partial charge in [0.1, 0.15) is 35.4 Å². The monoisotopic (exact) mass is 1190 g/mol. The predicted molar refractivity (Wildman–Crippen MR) is 318 cm³/mol. The zero-order valence-electron chi connectivity index (χ0n) is 53.1. The highest BCUT2D eigenvalue weighted by Gasteiger charge is 2.71. The van der Waals surface area contributed by atoms with Gasteiger partial charge in [0.25, 0.3) is 11.8 Å². The Morgan fingerprint density at radius 2 is 0.929 bits per heavy atom. The fraction of sp³-hybridized carbons (Fsp3) is 0.844. The number of piperidine rings is 2. The third-order valence-corrected chi connectivity index (χ3v) is 19.1. The molecular formula is C64H104N8O13. The predicted octanol–water partition coefficient (Wildman–Crippen LogP) is 7.30. The van der Waals surface area contributed by atoms with Crippen molar-refractivity contribution in [2.24, 2.45) is 46.3 Å². The van der Waals surface area contributed by atoms with Crippen LogP contribution in [-0.4, -0.2) is 149 Å². The molecule has 8 aliphatic rings. The molecule has 4 aliphatic carbocycles. The molecule has 21 nitrogen and oxygen atoms in total. The van der Waals surface area contributed by atoms with Crippen molar-refractivity contribution in [3.05, 3.63) is 0 Å². The largest absolute Gasteiger partial charge is 0.450 e. The second-order valence-electron chi connectivity index (χ2n) is 29.2. The molecule has 0 aromatic heterocycles. The maximum absolute atomic E-state index is 14.2. The number of amides is 8. The van der Waals surface area contributed by atoms with E-state index in [0.717, 1.165) is 116 Å². The number of carbonyl (C=O) groups excluding carboxylic acids is 10. The molecule has 85 heavy (non-hydrogen) atoms. The van der Waals surface area contributed by atoms with Crippen molar-refractivity contribution in [3.8, 4) is 0 Å². The van der Waals surface area contributed by atoms with Gasteiger partial charge < -0.3 is 55.9 Å². The third kappa shape index (κ3) is 18.8. The van der Waals surface area contributed by atoms with E-state index in [0.29, 0.717) is 63.7 Å². The number of hydrogen-bond acceptors (Lipinski definition) is 13. The normalized spacial score (nSPS) is 30.5. The minimum absolute atomic E-state index is 0.0491. The molecule has 0 spiro atoms. The van der Waals surface area contributed by atoms with Crippen LogP contribution < -0.4 is 31.9 Å². The van der Waals surface area contributed by atoms with E-state index < -0.39 is 95.2 Å². The maximum Gasteiger partial charge on any atom is 0.408 e. The number of rotatable bonds is 11. The number of ether oxygens (including phenoxy) is 3. The van der Waals surface area contributed by atoms with Gasteiger partial charge in [-0.25, -0.2) is 9.59 Å². The Morgan fingerprint density at radius 3 is 1.34 bits per heavy atom. The first kappa shape index (κ1) is 67.0. The number of alkyl carbamates (subject to hydrolysis) is 2. The van der Waals surface area contributed by atoms with Crippen molar-refractivity contribution >= 4 is 59.4 Å². The van der Waals surface area contributed by atoms with Gasteiger partial charge in [0.05, 0.1) is 12.1 Å². The van der Waals surface area contributed by atoms with Crippen LogP contribution in [0.25, 0.3) is 0 Å². The maximum atomic E-state index is 14.2. The summed E-state index contributed by atoms with van der Waals surface area (Å²) in [5.41, 5.74) is -1.67. The van der Waals surface area contributed by atoms with Crippen molar-refractivity contribution in [3.63, 3.8) is 0 Å². The highest BCUT2D eigenvalue weighted by atomic mass is 16.6. The van der Waals surface area contributed by atoms with Crippen molar-refractivity contribution in [1.29, 1.82) is 0 Å². The summed E-state index contributed by atoms with van der Waals surface area (Å²) < 4.78 is 16.5. The van der Waals surface area contributed by atoms with Crippen LogP contribution in [0.3, 0.4) is 0 Å². The van der Waals surface area contributed by atoms with Crippen molar-refractivity contribution in [1.82, 2.24) is 41.7 Å². The second-order valence-corrected chi connectivity index (χ2v) is 29.2. The topological polar surface area (TPSA) is 277 Å². The molecule has 4 saturated heterocycles. The van der Waals surface area contributed by atoms with Crippen molar-refractivity contribution in [2.45, 2.75) is 271 Å². The summed E-state index contributed by atoms with van der Waals surface area (Å²) in [5.74, 6) is -2.51. The van der Waals surface area contributed by atoms with Gasteiger partial charge in [-0.15, -0.1) is 0 Å². The molecular weight excluding hydrogens is 1090 g/mol. The molecule has 1 unspecified atom stereocenters. The van der Waals surface area contributed by atoms with Gasteiger partial charge in [-0.1, -0.05) is 118 Å². The number of hydrogen-bond donors (Lipinski definition) is 6. The molecule has 11 atom stereocenters. The molecule has 8 amide bonds. The summed E-state index contributed by atoms with van der Waals surface area (Å²) in [4.78, 5) is 136. The fourth-order valence-electron chi connectivity index (χ4n) is 13.7. The van der Waals surface area contributed by atoms with Crippen molar-refractivity contribution in [2.75, 3.05) is 26.2 Å². The van der Waals surface area contributed by atoms with Gasteiger partial charge in [0.2, 0.25) is 29.4 Å². The first-order valence-electron chi connectivity index (χ1n) is 32.5. The van der Waals surface area contributed by atoms with Crippen LogP contribution >= 0.6 is 0 Å². The summed E-state index contributed by atoms with van der Waals surface area (Å²) in [6.45, 7) is 22.2.